The first-order valence-electron chi connectivity index (χ1n) is 14.9. The summed E-state index contributed by atoms with van der Waals surface area (Å²) in [4.78, 5) is 111. The molecule has 8 amide bonds. The third-order valence-electron chi connectivity index (χ3n) is 6.94. The van der Waals surface area contributed by atoms with Crippen LogP contribution in [0.4, 0.5) is 0 Å². The minimum absolute atomic E-state index is 0.00917. The summed E-state index contributed by atoms with van der Waals surface area (Å²) in [6.45, 7) is 4.77. The van der Waals surface area contributed by atoms with Gasteiger partial charge in [0.2, 0.25) is 47.3 Å². The van der Waals surface area contributed by atoms with Gasteiger partial charge in [0.15, 0.2) is 0 Å². The van der Waals surface area contributed by atoms with Crippen molar-refractivity contribution in [3.05, 3.63) is 0 Å². The molecule has 0 heterocycles. The van der Waals surface area contributed by atoms with Crippen LogP contribution in [-0.2, 0) is 43.2 Å². The lowest BCUT2D eigenvalue weighted by Crippen LogP contribution is -2.60. The van der Waals surface area contributed by atoms with Crippen molar-refractivity contribution < 1.29 is 48.3 Å². The fraction of sp³-hybridized carbons (Fsp3) is 0.667. The molecule has 47 heavy (non-hydrogen) atoms. The number of aliphatic carboxylic acids is 1. The van der Waals surface area contributed by atoms with Gasteiger partial charge in [0, 0.05) is 0 Å². The number of hydrogen-bond donors (Lipinski definition) is 11. The van der Waals surface area contributed by atoms with Gasteiger partial charge >= 0.3 is 5.97 Å². The molecule has 0 aromatic carbocycles. The Labute approximate surface area is 271 Å². The first-order valence-corrected chi connectivity index (χ1v) is 14.9. The molecule has 0 rings (SSSR count). The lowest BCUT2D eigenvalue weighted by molar-refractivity contribution is -0.142. The van der Waals surface area contributed by atoms with Crippen LogP contribution in [0.15, 0.2) is 0 Å². The summed E-state index contributed by atoms with van der Waals surface area (Å²) in [5, 5.41) is 20.6. The van der Waals surface area contributed by atoms with E-state index in [1.165, 1.54) is 6.92 Å². The number of unbranched alkanes of at least 4 members (excludes halogenated alkanes) is 1. The van der Waals surface area contributed by atoms with Crippen LogP contribution in [0.1, 0.15) is 65.7 Å². The van der Waals surface area contributed by atoms with E-state index in [0.29, 0.717) is 19.3 Å². The van der Waals surface area contributed by atoms with Crippen molar-refractivity contribution in [2.24, 2.45) is 34.6 Å². The molecule has 0 aromatic heterocycles. The second-order valence-electron chi connectivity index (χ2n) is 11.0. The number of carboxylic acids is 1. The highest BCUT2D eigenvalue weighted by Gasteiger charge is 2.35. The largest absolute Gasteiger partial charge is 0.480 e. The number of nitrogens with two attached hydrogens (primary N) is 5. The van der Waals surface area contributed by atoms with Gasteiger partial charge < -0.3 is 60.4 Å². The quantitative estimate of drug-likeness (QED) is 0.0453. The van der Waals surface area contributed by atoms with Crippen LogP contribution in [0, 0.1) is 5.92 Å². The highest BCUT2D eigenvalue weighted by Crippen LogP contribution is 2.10. The van der Waals surface area contributed by atoms with E-state index in [-0.39, 0.29) is 13.0 Å². The second-order valence-corrected chi connectivity index (χ2v) is 11.0. The Kier molecular flexibility index (Phi) is 18.9. The van der Waals surface area contributed by atoms with Gasteiger partial charge in [0.1, 0.15) is 30.2 Å². The molecule has 20 nitrogen and oxygen atoms in total. The molecule has 0 aliphatic heterocycles. The van der Waals surface area contributed by atoms with Gasteiger partial charge in [-0.3, -0.25) is 43.2 Å². The predicted octanol–water partition coefficient (Wildman–Crippen LogP) is -5.36. The maximum Gasteiger partial charge on any atom is 0.325 e. The first kappa shape index (κ1) is 42.1. The molecule has 0 bridgehead atoms. The van der Waals surface area contributed by atoms with E-state index in [1.54, 1.807) is 13.8 Å². The number of rotatable bonds is 23. The zero-order valence-corrected chi connectivity index (χ0v) is 26.7. The van der Waals surface area contributed by atoms with Gasteiger partial charge in [-0.15, -0.1) is 0 Å². The minimum atomic E-state index is -1.72. The average Bonchev–Trinajstić information content (AvgIpc) is 2.96. The summed E-state index contributed by atoms with van der Waals surface area (Å²) in [5.74, 6) is -9.73. The van der Waals surface area contributed by atoms with Gasteiger partial charge in [-0.25, -0.2) is 0 Å². The van der Waals surface area contributed by atoms with Crippen molar-refractivity contribution >= 4 is 53.2 Å². The Bertz CT molecular complexity index is 1170. The van der Waals surface area contributed by atoms with Gasteiger partial charge in [0.05, 0.1) is 25.3 Å². The molecule has 0 saturated heterocycles. The highest BCUT2D eigenvalue weighted by atomic mass is 16.4. The molecular formula is C27H48N10O10. The maximum atomic E-state index is 13.3. The van der Waals surface area contributed by atoms with Crippen LogP contribution in [0.25, 0.3) is 0 Å². The lowest BCUT2D eigenvalue weighted by Gasteiger charge is -2.28. The Hall–Kier alpha value is -4.85. The lowest BCUT2D eigenvalue weighted by atomic mass is 9.97. The van der Waals surface area contributed by atoms with Crippen molar-refractivity contribution in [1.82, 2.24) is 26.6 Å². The maximum absolute atomic E-state index is 13.3. The van der Waals surface area contributed by atoms with E-state index < -0.39 is 115 Å². The Morgan fingerprint density at radius 1 is 0.617 bits per heavy atom. The third-order valence-corrected chi connectivity index (χ3v) is 6.94. The SMILES string of the molecule is CC[C@H](C)[C@H](NC(=O)[C@H](CC(N)=O)NC(=O)[C@H](CC(N)=O)NC(=O)[C@H](CCCCN)NC(=O)[C@@H](N)CC(N)=O)C(=O)N[C@@H](C)C(=O)O. The summed E-state index contributed by atoms with van der Waals surface area (Å²) in [6, 6.07) is -8.72. The van der Waals surface area contributed by atoms with E-state index in [0.717, 1.165) is 0 Å². The van der Waals surface area contributed by atoms with Crippen molar-refractivity contribution in [2.45, 2.75) is 102 Å². The summed E-state index contributed by atoms with van der Waals surface area (Å²) in [5.41, 5.74) is 26.8. The molecule has 0 fully saturated rings. The number of nitrogens with one attached hydrogen (secondary N) is 5. The molecule has 0 aliphatic carbocycles. The van der Waals surface area contributed by atoms with Gasteiger partial charge in [0.25, 0.3) is 0 Å². The number of carbonyl (C=O) groups is 9. The number of amides is 8. The van der Waals surface area contributed by atoms with Crippen LogP contribution in [0.5, 0.6) is 0 Å². The van der Waals surface area contributed by atoms with Crippen LogP contribution in [-0.4, -0.2) is 101 Å². The van der Waals surface area contributed by atoms with E-state index in [4.69, 9.17) is 33.8 Å². The molecule has 0 radical (unpaired) electrons. The van der Waals surface area contributed by atoms with Crippen molar-refractivity contribution in [2.75, 3.05) is 6.54 Å². The molecule has 7 atom stereocenters. The molecular weight excluding hydrogens is 624 g/mol. The molecule has 16 N–H and O–H groups in total. The number of primary amides is 3. The summed E-state index contributed by atoms with van der Waals surface area (Å²) in [7, 11) is 0. The van der Waals surface area contributed by atoms with Crippen molar-refractivity contribution in [3.63, 3.8) is 0 Å². The van der Waals surface area contributed by atoms with E-state index in [9.17, 15) is 43.2 Å². The summed E-state index contributed by atoms with van der Waals surface area (Å²) in [6.07, 6.45) is -0.915. The van der Waals surface area contributed by atoms with E-state index in [1.807, 2.05) is 0 Å². The van der Waals surface area contributed by atoms with Crippen molar-refractivity contribution in [3.8, 4) is 0 Å². The second kappa shape index (κ2) is 21.0. The Balaban J connectivity index is 6.12. The van der Waals surface area contributed by atoms with Gasteiger partial charge in [-0.2, -0.15) is 0 Å². The fourth-order valence-corrected chi connectivity index (χ4v) is 4.04. The summed E-state index contributed by atoms with van der Waals surface area (Å²) < 4.78 is 0. The number of carboxylic acid groups (broad SMARTS) is 1. The van der Waals surface area contributed by atoms with Crippen molar-refractivity contribution in [1.29, 1.82) is 0 Å². The minimum Gasteiger partial charge on any atom is -0.480 e. The number of hydrogen-bond acceptors (Lipinski definition) is 11. The third kappa shape index (κ3) is 16.3. The van der Waals surface area contributed by atoms with Crippen LogP contribution >= 0.6 is 0 Å². The standard InChI is InChI=1S/C27H48N10O10/c1-4-12(2)21(26(45)33-13(3)27(46)47)37-25(44)17(11-20(32)40)36-24(43)16(10-19(31)39)35-23(42)15(7-5-6-8-28)34-22(41)14(29)9-18(30)38/h12-17,21H,4-11,28-29H2,1-3H3,(H2,30,38)(H2,31,39)(H2,32,40)(H,33,45)(H,34,41)(H,35,42)(H,36,43)(H,37,44)(H,46,47)/t12-,13-,14-,15-,16-,17-,21-/m0/s1. The highest BCUT2D eigenvalue weighted by molar-refractivity contribution is 5.99. The molecule has 0 aromatic rings. The molecule has 20 heteroatoms. The van der Waals surface area contributed by atoms with Crippen LogP contribution < -0.4 is 55.3 Å². The normalized spacial score (nSPS) is 15.3. The average molecular weight is 673 g/mol. The topological polar surface area (TPSA) is 364 Å². The number of carbonyl (C=O) groups excluding carboxylic acids is 8. The van der Waals surface area contributed by atoms with E-state index in [2.05, 4.69) is 26.6 Å². The monoisotopic (exact) mass is 672 g/mol. The van der Waals surface area contributed by atoms with Crippen LogP contribution in [0.3, 0.4) is 0 Å². The zero-order valence-electron chi connectivity index (χ0n) is 26.7. The molecule has 266 valence electrons. The molecule has 0 unspecified atom stereocenters. The fourth-order valence-electron chi connectivity index (χ4n) is 4.04. The Morgan fingerprint density at radius 2 is 1.06 bits per heavy atom. The van der Waals surface area contributed by atoms with E-state index >= 15 is 0 Å². The Morgan fingerprint density at radius 3 is 1.49 bits per heavy atom. The molecule has 0 aliphatic rings. The molecule has 0 saturated carbocycles. The van der Waals surface area contributed by atoms with Crippen LogP contribution in [0.2, 0.25) is 0 Å². The van der Waals surface area contributed by atoms with Gasteiger partial charge in [-0.1, -0.05) is 20.3 Å². The summed E-state index contributed by atoms with van der Waals surface area (Å²) >= 11 is 0. The first-order chi connectivity index (χ1) is 21.8. The smallest absolute Gasteiger partial charge is 0.325 e. The van der Waals surface area contributed by atoms with Gasteiger partial charge in [-0.05, 0) is 38.6 Å². The predicted molar refractivity (Wildman–Crippen MR) is 165 cm³/mol. The zero-order chi connectivity index (χ0) is 36.4. The molecule has 0 spiro atoms.